The predicted molar refractivity (Wildman–Crippen MR) is 35.0 cm³/mol. The summed E-state index contributed by atoms with van der Waals surface area (Å²) >= 11 is 1.65. The maximum absolute atomic E-state index is 9.68. The van der Waals surface area contributed by atoms with Crippen LogP contribution in [0.15, 0.2) is 12.7 Å². The molecule has 1 nitrogen and oxygen atoms in total. The Hall–Kier alpha value is 1.40. The molecule has 0 aliphatic heterocycles. The number of carbonyl (C=O) groups is 1. The van der Waals surface area contributed by atoms with Crippen LogP contribution < -0.4 is 0 Å². The minimum absolute atomic E-state index is 0. The van der Waals surface area contributed by atoms with Gasteiger partial charge in [0.2, 0.25) is 3.79 Å². The molecule has 0 saturated heterocycles. The molecule has 0 N–H and O–H groups in total. The second kappa shape index (κ2) is 10.4. The zero-order chi connectivity index (χ0) is 4.28. The van der Waals surface area contributed by atoms with Crippen molar-refractivity contribution >= 4 is 46.2 Å². The summed E-state index contributed by atoms with van der Waals surface area (Å²) in [6.45, 7) is 3.20. The summed E-state index contributed by atoms with van der Waals surface area (Å²) in [5.41, 5.74) is 0. The van der Waals surface area contributed by atoms with E-state index in [0.717, 1.165) is 0 Å². The van der Waals surface area contributed by atoms with Gasteiger partial charge in [0.15, 0.2) is 0 Å². The Bertz CT molecular complexity index is 66.0. The second-order valence-electron chi connectivity index (χ2n) is 0.508. The fourth-order valence-corrected chi connectivity index (χ4v) is 0. The molecule has 4 heteroatoms. The minimum atomic E-state index is -0.0115. The maximum Gasteiger partial charge on any atom is 0.214 e. The molecule has 3 radical (unpaired) electrons. The molecule has 0 atom stereocenters. The summed E-state index contributed by atoms with van der Waals surface area (Å²) in [4.78, 5) is 9.68. The zero-order valence-corrected chi connectivity index (χ0v) is 11.4. The van der Waals surface area contributed by atoms with Crippen molar-refractivity contribution in [3.63, 3.8) is 0 Å². The Balaban J connectivity index is -0.0000000800. The fraction of sp³-hybridized carbons (Fsp3) is 0. The van der Waals surface area contributed by atoms with Crippen molar-refractivity contribution in [3.05, 3.63) is 12.7 Å². The summed E-state index contributed by atoms with van der Waals surface area (Å²) in [5.74, 6) is 0. The van der Waals surface area contributed by atoms with E-state index >= 15 is 0 Å². The van der Waals surface area contributed by atoms with Crippen LogP contribution in [0, 0.1) is 0 Å². The molecule has 0 rings (SSSR count). The number of rotatable bonds is 1. The monoisotopic (exact) mass is 315 g/mol. The first-order valence-corrected chi connectivity index (χ1v) is 2.17. The SMILES string of the molecule is C=CC(=O)I.[Ga].[Zn]. The molecule has 0 bridgehead atoms. The molecule has 0 heterocycles. The van der Waals surface area contributed by atoms with E-state index in [1.54, 1.807) is 22.6 Å². The predicted octanol–water partition coefficient (Wildman–Crippen LogP) is 0.751. The average Bonchev–Trinajstić information content (AvgIpc) is 1.38. The maximum atomic E-state index is 9.68. The zero-order valence-electron chi connectivity index (χ0n) is 3.86. The Morgan fingerprint density at radius 2 is 1.86 bits per heavy atom. The molecule has 0 aromatic carbocycles. The van der Waals surface area contributed by atoms with Crippen LogP contribution in [0.3, 0.4) is 0 Å². The van der Waals surface area contributed by atoms with E-state index in [4.69, 9.17) is 0 Å². The second-order valence-corrected chi connectivity index (χ2v) is 1.57. The van der Waals surface area contributed by atoms with E-state index in [2.05, 4.69) is 6.58 Å². The van der Waals surface area contributed by atoms with Crippen LogP contribution in [-0.2, 0) is 24.3 Å². The molecule has 0 amide bonds. The van der Waals surface area contributed by atoms with Crippen molar-refractivity contribution in [2.24, 2.45) is 0 Å². The molecule has 0 saturated carbocycles. The fourth-order valence-electron chi connectivity index (χ4n) is 0. The number of carbonyl (C=O) groups excluding carboxylic acids is 1. The van der Waals surface area contributed by atoms with Gasteiger partial charge in [-0.25, -0.2) is 0 Å². The van der Waals surface area contributed by atoms with Crippen LogP contribution >= 0.6 is 22.6 Å². The molecular weight excluding hydrogens is 314 g/mol. The summed E-state index contributed by atoms with van der Waals surface area (Å²) in [6, 6.07) is 0. The summed E-state index contributed by atoms with van der Waals surface area (Å²) in [5, 5.41) is 0. The Labute approximate surface area is 82.3 Å². The standard InChI is InChI=1S/C3H3IO.Ga.Zn/c1-2-3(4)5;;/h2H,1H2;;. The Morgan fingerprint density at radius 3 is 1.86 bits per heavy atom. The van der Waals surface area contributed by atoms with Crippen LogP contribution in [0.2, 0.25) is 0 Å². The Kier molecular flexibility index (Phi) is 23.4. The van der Waals surface area contributed by atoms with Crippen LogP contribution in [0.5, 0.6) is 0 Å². The first-order chi connectivity index (χ1) is 2.27. The van der Waals surface area contributed by atoms with E-state index < -0.39 is 0 Å². The molecule has 0 aliphatic rings. The third kappa shape index (κ3) is 18.7. The molecule has 7 heavy (non-hydrogen) atoms. The van der Waals surface area contributed by atoms with Gasteiger partial charge in [-0.3, -0.25) is 4.79 Å². The first kappa shape index (κ1) is 15.8. The van der Waals surface area contributed by atoms with Crippen molar-refractivity contribution in [2.45, 2.75) is 0 Å². The number of allylic oxidation sites excluding steroid dienone is 1. The normalized spacial score (nSPS) is 4.71. The largest absolute Gasteiger partial charge is 0.283 e. The van der Waals surface area contributed by atoms with Crippen LogP contribution in [0.25, 0.3) is 0 Å². The van der Waals surface area contributed by atoms with E-state index in [9.17, 15) is 4.79 Å². The van der Waals surface area contributed by atoms with Gasteiger partial charge >= 0.3 is 0 Å². The van der Waals surface area contributed by atoms with Gasteiger partial charge in [0.25, 0.3) is 0 Å². The van der Waals surface area contributed by atoms with Crippen molar-refractivity contribution in [1.29, 1.82) is 0 Å². The molecule has 0 spiro atoms. The van der Waals surface area contributed by atoms with E-state index in [-0.39, 0.29) is 43.1 Å². The van der Waals surface area contributed by atoms with Gasteiger partial charge in [-0.1, -0.05) is 6.58 Å². The van der Waals surface area contributed by atoms with Crippen LogP contribution in [0.4, 0.5) is 0 Å². The van der Waals surface area contributed by atoms with Gasteiger partial charge in [0, 0.05) is 61.9 Å². The smallest absolute Gasteiger partial charge is 0.214 e. The van der Waals surface area contributed by atoms with Crippen LogP contribution in [-0.4, -0.2) is 23.6 Å². The topological polar surface area (TPSA) is 17.1 Å². The van der Waals surface area contributed by atoms with Gasteiger partial charge in [-0.2, -0.15) is 0 Å². The number of halogens is 1. The molecule has 33 valence electrons. The van der Waals surface area contributed by atoms with Gasteiger partial charge in [-0.15, -0.1) is 0 Å². The van der Waals surface area contributed by atoms with Crippen molar-refractivity contribution in [2.75, 3.05) is 0 Å². The third-order valence-electron chi connectivity index (χ3n) is 0.160. The van der Waals surface area contributed by atoms with Gasteiger partial charge in [0.05, 0.1) is 0 Å². The third-order valence-corrected chi connectivity index (χ3v) is 0.601. The van der Waals surface area contributed by atoms with Gasteiger partial charge in [-0.05, 0) is 6.08 Å². The number of hydrogen-bond acceptors (Lipinski definition) is 1. The molecular formula is C3H3GaIOZn. The minimum Gasteiger partial charge on any atom is -0.283 e. The van der Waals surface area contributed by atoms with E-state index in [0.29, 0.717) is 0 Å². The van der Waals surface area contributed by atoms with Gasteiger partial charge in [0.1, 0.15) is 0 Å². The Morgan fingerprint density at radius 1 is 1.71 bits per heavy atom. The first-order valence-electron chi connectivity index (χ1n) is 1.09. The number of hydrogen-bond donors (Lipinski definition) is 0. The molecule has 0 aromatic heterocycles. The average molecular weight is 317 g/mol. The molecule has 0 fully saturated rings. The molecule has 0 aromatic rings. The van der Waals surface area contributed by atoms with Crippen molar-refractivity contribution in [1.82, 2.24) is 0 Å². The van der Waals surface area contributed by atoms with E-state index in [1.807, 2.05) is 0 Å². The summed E-state index contributed by atoms with van der Waals surface area (Å²) < 4.78 is -0.0115. The summed E-state index contributed by atoms with van der Waals surface area (Å²) in [6.07, 6.45) is 1.26. The summed E-state index contributed by atoms with van der Waals surface area (Å²) in [7, 11) is 0. The van der Waals surface area contributed by atoms with Crippen molar-refractivity contribution < 1.29 is 24.3 Å². The van der Waals surface area contributed by atoms with Crippen molar-refractivity contribution in [3.8, 4) is 0 Å². The quantitative estimate of drug-likeness (QED) is 0.302. The molecule has 0 unspecified atom stereocenters. The van der Waals surface area contributed by atoms with Gasteiger partial charge < -0.3 is 0 Å². The van der Waals surface area contributed by atoms with Crippen LogP contribution in [0.1, 0.15) is 0 Å². The molecule has 0 aliphatic carbocycles. The van der Waals surface area contributed by atoms with E-state index in [1.165, 1.54) is 6.08 Å².